The van der Waals surface area contributed by atoms with Crippen molar-refractivity contribution in [3.63, 3.8) is 0 Å². The van der Waals surface area contributed by atoms with E-state index in [0.717, 1.165) is 12.3 Å². The maximum absolute atomic E-state index is 6.01. The molecular weight excluding hydrogens is 270 g/mol. The highest BCUT2D eigenvalue weighted by Gasteiger charge is 2.31. The molecule has 2 N–H and O–H groups in total. The summed E-state index contributed by atoms with van der Waals surface area (Å²) in [4.78, 5) is 2.24. The van der Waals surface area contributed by atoms with Crippen LogP contribution in [0.5, 0.6) is 5.75 Å². The normalized spacial score (nSPS) is 14.3. The summed E-state index contributed by atoms with van der Waals surface area (Å²) in [7, 11) is 3.78. The number of nitrogens with zero attached hydrogens (tertiary/aromatic N) is 2. The molecule has 3 rings (SSSR count). The van der Waals surface area contributed by atoms with Crippen molar-refractivity contribution in [3.05, 3.63) is 35.4 Å². The third kappa shape index (κ3) is 2.58. The molecule has 106 valence electrons. The van der Waals surface area contributed by atoms with Crippen molar-refractivity contribution < 1.29 is 4.74 Å². The molecule has 1 aliphatic rings. The maximum atomic E-state index is 6.01. The number of benzene rings is 1. The Labute approximate surface area is 123 Å². The summed E-state index contributed by atoms with van der Waals surface area (Å²) < 4.78 is 9.51. The zero-order valence-electron chi connectivity index (χ0n) is 11.8. The quantitative estimate of drug-likeness (QED) is 0.918. The van der Waals surface area contributed by atoms with E-state index in [1.165, 1.54) is 40.5 Å². The van der Waals surface area contributed by atoms with Crippen LogP contribution in [-0.2, 0) is 6.54 Å². The number of rotatable bonds is 5. The molecule has 0 saturated heterocycles. The number of ether oxygens (including phenoxy) is 1. The van der Waals surface area contributed by atoms with Crippen LogP contribution in [0.3, 0.4) is 0 Å². The van der Waals surface area contributed by atoms with Gasteiger partial charge in [0.25, 0.3) is 0 Å². The number of nitrogens with two attached hydrogens (primary N) is 1. The molecule has 20 heavy (non-hydrogen) atoms. The van der Waals surface area contributed by atoms with Crippen molar-refractivity contribution in [3.8, 4) is 5.75 Å². The second kappa shape index (κ2) is 5.32. The summed E-state index contributed by atoms with van der Waals surface area (Å²) in [6, 6.07) is 8.17. The number of aromatic nitrogens is 1. The van der Waals surface area contributed by atoms with Crippen LogP contribution >= 0.6 is 11.5 Å². The molecule has 1 aliphatic carbocycles. The van der Waals surface area contributed by atoms with E-state index in [1.807, 2.05) is 12.1 Å². The first-order valence-corrected chi connectivity index (χ1v) is 7.55. The van der Waals surface area contributed by atoms with Gasteiger partial charge >= 0.3 is 0 Å². The van der Waals surface area contributed by atoms with E-state index in [9.17, 15) is 0 Å². The molecule has 4 nitrogen and oxygen atoms in total. The fourth-order valence-electron chi connectivity index (χ4n) is 2.41. The predicted octanol–water partition coefficient (Wildman–Crippen LogP) is 3.25. The fourth-order valence-corrected chi connectivity index (χ4v) is 3.26. The van der Waals surface area contributed by atoms with Gasteiger partial charge in [-0.25, -0.2) is 0 Å². The Hall–Kier alpha value is -1.75. The van der Waals surface area contributed by atoms with Gasteiger partial charge in [-0.1, -0.05) is 12.1 Å². The Kier molecular flexibility index (Phi) is 3.53. The molecule has 0 radical (unpaired) electrons. The molecule has 0 amide bonds. The maximum Gasteiger partial charge on any atom is 0.142 e. The largest absolute Gasteiger partial charge is 0.497 e. The number of anilines is 2. The van der Waals surface area contributed by atoms with Gasteiger partial charge < -0.3 is 15.4 Å². The van der Waals surface area contributed by atoms with Gasteiger partial charge in [0.15, 0.2) is 0 Å². The topological polar surface area (TPSA) is 51.4 Å². The van der Waals surface area contributed by atoms with Crippen molar-refractivity contribution in [1.29, 1.82) is 0 Å². The number of nitrogen functional groups attached to an aromatic ring is 1. The average Bonchev–Trinajstić information content (AvgIpc) is 3.22. The number of hydrogen-bond acceptors (Lipinski definition) is 5. The molecule has 0 atom stereocenters. The lowest BCUT2D eigenvalue weighted by molar-refractivity contribution is 0.414. The summed E-state index contributed by atoms with van der Waals surface area (Å²) in [5, 5.41) is 1.21. The van der Waals surface area contributed by atoms with Gasteiger partial charge in [0, 0.05) is 19.2 Å². The first kappa shape index (κ1) is 13.2. The lowest BCUT2D eigenvalue weighted by atomic mass is 10.1. The van der Waals surface area contributed by atoms with Gasteiger partial charge in [-0.3, -0.25) is 0 Å². The number of hydrogen-bond donors (Lipinski definition) is 1. The minimum absolute atomic E-state index is 0.627. The van der Waals surface area contributed by atoms with Crippen LogP contribution in [0.15, 0.2) is 24.3 Å². The predicted molar refractivity (Wildman–Crippen MR) is 83.6 cm³/mol. The van der Waals surface area contributed by atoms with Crippen LogP contribution in [0.4, 0.5) is 10.8 Å². The van der Waals surface area contributed by atoms with E-state index >= 15 is 0 Å². The van der Waals surface area contributed by atoms with Gasteiger partial charge in [-0.15, -0.1) is 0 Å². The molecule has 1 aromatic heterocycles. The van der Waals surface area contributed by atoms with Gasteiger partial charge in [0.1, 0.15) is 16.6 Å². The third-order valence-corrected chi connectivity index (χ3v) is 4.64. The van der Waals surface area contributed by atoms with Crippen molar-refractivity contribution >= 4 is 22.4 Å². The molecule has 0 aliphatic heterocycles. The van der Waals surface area contributed by atoms with Gasteiger partial charge in [0.05, 0.1) is 7.11 Å². The van der Waals surface area contributed by atoms with Crippen molar-refractivity contribution in [2.45, 2.75) is 25.3 Å². The minimum atomic E-state index is 0.627. The molecule has 1 heterocycles. The Bertz CT molecular complexity index is 590. The Morgan fingerprint density at radius 3 is 2.65 bits per heavy atom. The summed E-state index contributed by atoms with van der Waals surface area (Å²) in [6.45, 7) is 0.853. The van der Waals surface area contributed by atoms with E-state index < -0.39 is 0 Å². The van der Waals surface area contributed by atoms with E-state index in [4.69, 9.17) is 10.5 Å². The fraction of sp³-hybridized carbons (Fsp3) is 0.400. The zero-order valence-corrected chi connectivity index (χ0v) is 12.6. The first-order chi connectivity index (χ1) is 9.69. The van der Waals surface area contributed by atoms with Crippen LogP contribution in [0.1, 0.15) is 29.9 Å². The number of methoxy groups -OCH3 is 1. The Balaban J connectivity index is 1.76. The van der Waals surface area contributed by atoms with E-state index in [1.54, 1.807) is 7.11 Å². The lowest BCUT2D eigenvalue weighted by Gasteiger charge is -2.19. The van der Waals surface area contributed by atoms with Gasteiger partial charge in [-0.2, -0.15) is 4.37 Å². The Morgan fingerprint density at radius 2 is 2.05 bits per heavy atom. The van der Waals surface area contributed by atoms with Crippen LogP contribution in [0.25, 0.3) is 0 Å². The van der Waals surface area contributed by atoms with E-state index in [0.29, 0.717) is 11.7 Å². The summed E-state index contributed by atoms with van der Waals surface area (Å²) in [5.74, 6) is 2.23. The van der Waals surface area contributed by atoms with Gasteiger partial charge in [0.2, 0.25) is 0 Å². The van der Waals surface area contributed by atoms with Gasteiger partial charge in [-0.05, 0) is 48.0 Å². The standard InChI is InChI=1S/C15H19N3OS/c1-18(9-10-3-7-12(19-2)8-4-10)15-13(11-5-6-11)14(16)17-20-15/h3-4,7-8,11H,5-6,9H2,1-2H3,(H2,16,17). The smallest absolute Gasteiger partial charge is 0.142 e. The van der Waals surface area contributed by atoms with Crippen LogP contribution in [0, 0.1) is 0 Å². The molecule has 2 aromatic rings. The second-order valence-electron chi connectivity index (χ2n) is 5.27. The molecule has 1 fully saturated rings. The summed E-state index contributed by atoms with van der Waals surface area (Å²) in [6.07, 6.45) is 2.48. The van der Waals surface area contributed by atoms with Crippen LogP contribution < -0.4 is 15.4 Å². The SMILES string of the molecule is COc1ccc(CN(C)c2snc(N)c2C2CC2)cc1. The second-order valence-corrected chi connectivity index (χ2v) is 6.02. The lowest BCUT2D eigenvalue weighted by Crippen LogP contribution is -2.16. The highest BCUT2D eigenvalue weighted by atomic mass is 32.1. The molecule has 0 unspecified atom stereocenters. The average molecular weight is 289 g/mol. The highest BCUT2D eigenvalue weighted by molar-refractivity contribution is 7.10. The molecular formula is C15H19N3OS. The van der Waals surface area contributed by atoms with Crippen LogP contribution in [-0.4, -0.2) is 18.5 Å². The van der Waals surface area contributed by atoms with E-state index in [2.05, 4.69) is 28.5 Å². The molecule has 5 heteroatoms. The molecule has 1 aromatic carbocycles. The van der Waals surface area contributed by atoms with Crippen molar-refractivity contribution in [1.82, 2.24) is 4.37 Å². The molecule has 0 spiro atoms. The van der Waals surface area contributed by atoms with Crippen molar-refractivity contribution in [2.75, 3.05) is 24.8 Å². The summed E-state index contributed by atoms with van der Waals surface area (Å²) in [5.41, 5.74) is 8.51. The minimum Gasteiger partial charge on any atom is -0.497 e. The molecule has 1 saturated carbocycles. The third-order valence-electron chi connectivity index (χ3n) is 3.65. The van der Waals surface area contributed by atoms with Crippen molar-refractivity contribution in [2.24, 2.45) is 0 Å². The first-order valence-electron chi connectivity index (χ1n) is 6.78. The van der Waals surface area contributed by atoms with Crippen LogP contribution in [0.2, 0.25) is 0 Å². The summed E-state index contributed by atoms with van der Waals surface area (Å²) >= 11 is 1.51. The van der Waals surface area contributed by atoms with E-state index in [-0.39, 0.29) is 0 Å². The Morgan fingerprint density at radius 1 is 1.35 bits per heavy atom. The molecule has 0 bridgehead atoms. The zero-order chi connectivity index (χ0) is 14.1. The monoisotopic (exact) mass is 289 g/mol. The highest BCUT2D eigenvalue weighted by Crippen LogP contribution is 2.48.